The van der Waals surface area contributed by atoms with Crippen molar-refractivity contribution in [2.45, 2.75) is 53.9 Å². The topological polar surface area (TPSA) is 0 Å². The summed E-state index contributed by atoms with van der Waals surface area (Å²) in [7, 11) is 0. The van der Waals surface area contributed by atoms with Gasteiger partial charge in [0.05, 0.1) is 0 Å². The maximum absolute atomic E-state index is 2.44. The van der Waals surface area contributed by atoms with Crippen molar-refractivity contribution in [3.05, 3.63) is 0 Å². The Labute approximate surface area is 71.4 Å². The molecule has 1 aliphatic carbocycles. The van der Waals surface area contributed by atoms with Gasteiger partial charge in [0.25, 0.3) is 0 Å². The predicted molar refractivity (Wildman–Crippen MR) is 50.6 cm³/mol. The summed E-state index contributed by atoms with van der Waals surface area (Å²) in [4.78, 5) is 0. The molecule has 0 aromatic carbocycles. The fraction of sp³-hybridized carbons (Fsp3) is 1.00. The summed E-state index contributed by atoms with van der Waals surface area (Å²) in [6, 6.07) is 0. The van der Waals surface area contributed by atoms with E-state index in [1.807, 2.05) is 0 Å². The van der Waals surface area contributed by atoms with Crippen LogP contribution in [0.5, 0.6) is 0 Å². The van der Waals surface area contributed by atoms with Crippen molar-refractivity contribution in [2.24, 2.45) is 16.7 Å². The normalized spacial score (nSPS) is 37.4. The molecule has 1 aliphatic rings. The zero-order valence-electron chi connectivity index (χ0n) is 8.70. The quantitative estimate of drug-likeness (QED) is 0.579. The Bertz CT molecular complexity index is 139. The first-order chi connectivity index (χ1) is 4.90. The van der Waals surface area contributed by atoms with Gasteiger partial charge in [0, 0.05) is 0 Å². The average Bonchev–Trinajstić information content (AvgIpc) is 2.39. The minimum absolute atomic E-state index is 0.569. The van der Waals surface area contributed by atoms with E-state index in [9.17, 15) is 0 Å². The van der Waals surface area contributed by atoms with Crippen LogP contribution in [0.1, 0.15) is 53.9 Å². The zero-order chi connectivity index (χ0) is 8.70. The second kappa shape index (κ2) is 2.50. The SMILES string of the molecule is CCC(C)(C)CC1(C)CC1C. The summed E-state index contributed by atoms with van der Waals surface area (Å²) < 4.78 is 0. The smallest absolute Gasteiger partial charge is 0.0292 e. The third-order valence-corrected chi connectivity index (χ3v) is 3.64. The number of hydrogen-bond donors (Lipinski definition) is 0. The molecule has 2 unspecified atom stereocenters. The highest BCUT2D eigenvalue weighted by atomic mass is 14.5. The molecule has 11 heavy (non-hydrogen) atoms. The minimum atomic E-state index is 0.569. The fourth-order valence-electron chi connectivity index (χ4n) is 2.11. The van der Waals surface area contributed by atoms with Crippen LogP contribution in [0.25, 0.3) is 0 Å². The molecule has 0 aromatic rings. The van der Waals surface area contributed by atoms with Gasteiger partial charge in [-0.1, -0.05) is 41.0 Å². The lowest BCUT2D eigenvalue weighted by Crippen LogP contribution is -2.15. The highest BCUT2D eigenvalue weighted by Crippen LogP contribution is 2.58. The monoisotopic (exact) mass is 154 g/mol. The molecule has 0 amide bonds. The van der Waals surface area contributed by atoms with E-state index < -0.39 is 0 Å². The van der Waals surface area contributed by atoms with Crippen LogP contribution in [0, 0.1) is 16.7 Å². The first-order valence-corrected chi connectivity index (χ1v) is 4.90. The Morgan fingerprint density at radius 3 is 2.18 bits per heavy atom. The first kappa shape index (κ1) is 9.09. The number of hydrogen-bond acceptors (Lipinski definition) is 0. The van der Waals surface area contributed by atoms with Gasteiger partial charge in [0.1, 0.15) is 0 Å². The van der Waals surface area contributed by atoms with Crippen LogP contribution in [-0.4, -0.2) is 0 Å². The molecule has 0 aromatic heterocycles. The van der Waals surface area contributed by atoms with Crippen molar-refractivity contribution in [1.82, 2.24) is 0 Å². The van der Waals surface area contributed by atoms with Gasteiger partial charge in [-0.3, -0.25) is 0 Å². The Balaban J connectivity index is 2.43. The van der Waals surface area contributed by atoms with Crippen molar-refractivity contribution >= 4 is 0 Å². The van der Waals surface area contributed by atoms with Crippen molar-refractivity contribution in [2.75, 3.05) is 0 Å². The second-order valence-electron chi connectivity index (χ2n) is 5.45. The summed E-state index contributed by atoms with van der Waals surface area (Å²) in [6.07, 6.45) is 4.18. The van der Waals surface area contributed by atoms with Crippen LogP contribution in [0.15, 0.2) is 0 Å². The van der Waals surface area contributed by atoms with Gasteiger partial charge in [-0.15, -0.1) is 0 Å². The zero-order valence-corrected chi connectivity index (χ0v) is 8.70. The molecule has 0 heteroatoms. The van der Waals surface area contributed by atoms with Gasteiger partial charge < -0.3 is 0 Å². The van der Waals surface area contributed by atoms with Gasteiger partial charge in [-0.25, -0.2) is 0 Å². The molecule has 0 bridgehead atoms. The Morgan fingerprint density at radius 2 is 1.91 bits per heavy atom. The van der Waals surface area contributed by atoms with Gasteiger partial charge in [0.2, 0.25) is 0 Å². The summed E-state index contributed by atoms with van der Waals surface area (Å²) in [5.41, 5.74) is 1.26. The van der Waals surface area contributed by atoms with E-state index in [0.29, 0.717) is 10.8 Å². The van der Waals surface area contributed by atoms with Crippen molar-refractivity contribution in [3.63, 3.8) is 0 Å². The lowest BCUT2D eigenvalue weighted by atomic mass is 9.79. The van der Waals surface area contributed by atoms with E-state index in [1.165, 1.54) is 19.3 Å². The van der Waals surface area contributed by atoms with E-state index in [-0.39, 0.29) is 0 Å². The van der Waals surface area contributed by atoms with Crippen LogP contribution >= 0.6 is 0 Å². The molecule has 0 saturated heterocycles. The molecule has 0 spiro atoms. The predicted octanol–water partition coefficient (Wildman–Crippen LogP) is 3.86. The highest BCUT2D eigenvalue weighted by molar-refractivity contribution is 4.98. The molecule has 2 atom stereocenters. The molecule has 0 aliphatic heterocycles. The van der Waals surface area contributed by atoms with Crippen LogP contribution in [-0.2, 0) is 0 Å². The van der Waals surface area contributed by atoms with E-state index in [1.54, 1.807) is 0 Å². The largest absolute Gasteiger partial charge is 0.0649 e. The molecule has 1 rings (SSSR count). The van der Waals surface area contributed by atoms with E-state index in [4.69, 9.17) is 0 Å². The lowest BCUT2D eigenvalue weighted by molar-refractivity contribution is 0.244. The number of rotatable bonds is 3. The summed E-state index contributed by atoms with van der Waals surface area (Å²) in [6.45, 7) is 11.9. The third kappa shape index (κ3) is 1.98. The van der Waals surface area contributed by atoms with Crippen molar-refractivity contribution in [3.8, 4) is 0 Å². The minimum Gasteiger partial charge on any atom is -0.0649 e. The Kier molecular flexibility index (Phi) is 2.07. The van der Waals surface area contributed by atoms with Crippen LogP contribution in [0.3, 0.4) is 0 Å². The third-order valence-electron chi connectivity index (χ3n) is 3.64. The lowest BCUT2D eigenvalue weighted by Gasteiger charge is -2.27. The molecular formula is C11H22. The van der Waals surface area contributed by atoms with Gasteiger partial charge in [-0.05, 0) is 29.6 Å². The molecule has 1 saturated carbocycles. The standard InChI is InChI=1S/C11H22/c1-6-10(3,4)8-11(5)7-9(11)2/h9H,6-8H2,1-5H3. The maximum Gasteiger partial charge on any atom is -0.0292 e. The maximum atomic E-state index is 2.44. The van der Waals surface area contributed by atoms with E-state index >= 15 is 0 Å². The molecule has 0 radical (unpaired) electrons. The molecule has 66 valence electrons. The second-order valence-corrected chi connectivity index (χ2v) is 5.45. The van der Waals surface area contributed by atoms with Crippen LogP contribution in [0.2, 0.25) is 0 Å². The molecule has 0 N–H and O–H groups in total. The van der Waals surface area contributed by atoms with Crippen LogP contribution < -0.4 is 0 Å². The summed E-state index contributed by atoms with van der Waals surface area (Å²) in [5.74, 6) is 0.980. The molecule has 0 heterocycles. The Hall–Kier alpha value is 0. The molecule has 1 fully saturated rings. The molecular weight excluding hydrogens is 132 g/mol. The van der Waals surface area contributed by atoms with Gasteiger partial charge >= 0.3 is 0 Å². The van der Waals surface area contributed by atoms with E-state index in [0.717, 1.165) is 5.92 Å². The van der Waals surface area contributed by atoms with Crippen molar-refractivity contribution in [1.29, 1.82) is 0 Å². The average molecular weight is 154 g/mol. The summed E-state index contributed by atoms with van der Waals surface area (Å²) >= 11 is 0. The van der Waals surface area contributed by atoms with Gasteiger partial charge in [0.15, 0.2) is 0 Å². The van der Waals surface area contributed by atoms with Crippen molar-refractivity contribution < 1.29 is 0 Å². The molecule has 0 nitrogen and oxygen atoms in total. The van der Waals surface area contributed by atoms with E-state index in [2.05, 4.69) is 34.6 Å². The Morgan fingerprint density at radius 1 is 1.45 bits per heavy atom. The van der Waals surface area contributed by atoms with Crippen LogP contribution in [0.4, 0.5) is 0 Å². The first-order valence-electron chi connectivity index (χ1n) is 4.90. The highest BCUT2D eigenvalue weighted by Gasteiger charge is 2.48. The fourth-order valence-corrected chi connectivity index (χ4v) is 2.11. The van der Waals surface area contributed by atoms with Gasteiger partial charge in [-0.2, -0.15) is 0 Å². The summed E-state index contributed by atoms with van der Waals surface area (Å²) in [5, 5.41) is 0.